The van der Waals surface area contributed by atoms with Gasteiger partial charge in [0.15, 0.2) is 0 Å². The molecular formula is C18H19F3N4. The molecule has 3 aromatic rings. The Morgan fingerprint density at radius 2 is 1.92 bits per heavy atom. The van der Waals surface area contributed by atoms with Gasteiger partial charge in [-0.05, 0) is 49.8 Å². The Kier molecular flexibility index (Phi) is 4.94. The largest absolute Gasteiger partial charge is 0.416 e. The first-order valence-electron chi connectivity index (χ1n) is 8.00. The average Bonchev–Trinajstić information content (AvgIpc) is 3.00. The van der Waals surface area contributed by atoms with Gasteiger partial charge >= 0.3 is 6.18 Å². The number of nitrogens with one attached hydrogen (secondary N) is 3. The van der Waals surface area contributed by atoms with Crippen molar-refractivity contribution in [2.45, 2.75) is 18.6 Å². The normalized spacial score (nSPS) is 13.1. The Bertz CT molecular complexity index is 808. The smallest absolute Gasteiger partial charge is 0.349 e. The van der Waals surface area contributed by atoms with Crippen LogP contribution >= 0.6 is 0 Å². The second-order valence-corrected chi connectivity index (χ2v) is 5.81. The predicted octanol–water partition coefficient (Wildman–Crippen LogP) is 4.34. The Balaban J connectivity index is 1.89. The van der Waals surface area contributed by atoms with Gasteiger partial charge in [0.1, 0.15) is 0 Å². The van der Waals surface area contributed by atoms with Crippen molar-refractivity contribution in [2.75, 3.05) is 18.9 Å². The fourth-order valence-corrected chi connectivity index (χ4v) is 2.73. The quantitative estimate of drug-likeness (QED) is 0.621. The maximum Gasteiger partial charge on any atom is 0.416 e. The van der Waals surface area contributed by atoms with E-state index in [4.69, 9.17) is 0 Å². The van der Waals surface area contributed by atoms with Crippen LogP contribution in [0.25, 0.3) is 11.0 Å². The summed E-state index contributed by atoms with van der Waals surface area (Å²) in [6, 6.07) is 12.7. The van der Waals surface area contributed by atoms with Crippen LogP contribution < -0.4 is 10.6 Å². The van der Waals surface area contributed by atoms with Crippen LogP contribution in [0.3, 0.4) is 0 Å². The van der Waals surface area contributed by atoms with Gasteiger partial charge in [0.2, 0.25) is 5.95 Å². The van der Waals surface area contributed by atoms with E-state index in [-0.39, 0.29) is 6.04 Å². The van der Waals surface area contributed by atoms with Crippen LogP contribution in [0.15, 0.2) is 48.5 Å². The average molecular weight is 348 g/mol. The molecule has 7 heteroatoms. The number of hydrogen-bond acceptors (Lipinski definition) is 3. The molecule has 1 unspecified atom stereocenters. The number of rotatable bonds is 6. The van der Waals surface area contributed by atoms with E-state index in [0.29, 0.717) is 24.5 Å². The summed E-state index contributed by atoms with van der Waals surface area (Å²) in [6.45, 7) is 0.661. The van der Waals surface area contributed by atoms with E-state index in [0.717, 1.165) is 17.1 Å². The first-order valence-corrected chi connectivity index (χ1v) is 8.00. The Morgan fingerprint density at radius 1 is 1.12 bits per heavy atom. The Morgan fingerprint density at radius 3 is 2.64 bits per heavy atom. The van der Waals surface area contributed by atoms with Crippen LogP contribution in [0, 0.1) is 0 Å². The highest BCUT2D eigenvalue weighted by Gasteiger charge is 2.31. The van der Waals surface area contributed by atoms with Gasteiger partial charge in [0, 0.05) is 0 Å². The van der Waals surface area contributed by atoms with Crippen molar-refractivity contribution in [3.8, 4) is 0 Å². The molecule has 0 aliphatic carbocycles. The Hall–Kier alpha value is -2.54. The maximum atomic E-state index is 13.0. The van der Waals surface area contributed by atoms with Crippen molar-refractivity contribution in [1.82, 2.24) is 15.3 Å². The molecule has 0 amide bonds. The maximum absolute atomic E-state index is 13.0. The molecule has 1 heterocycles. The van der Waals surface area contributed by atoms with E-state index in [2.05, 4.69) is 20.6 Å². The van der Waals surface area contributed by atoms with Crippen LogP contribution in [0.5, 0.6) is 0 Å². The van der Waals surface area contributed by atoms with Crippen molar-refractivity contribution in [1.29, 1.82) is 0 Å². The fraction of sp³-hybridized carbons (Fsp3) is 0.278. The molecule has 0 fully saturated rings. The van der Waals surface area contributed by atoms with Gasteiger partial charge in [-0.2, -0.15) is 13.2 Å². The third-order valence-electron chi connectivity index (χ3n) is 4.00. The van der Waals surface area contributed by atoms with Crippen molar-refractivity contribution in [2.24, 2.45) is 0 Å². The zero-order valence-electron chi connectivity index (χ0n) is 13.7. The molecule has 0 bridgehead atoms. The molecule has 0 aliphatic rings. The summed E-state index contributed by atoms with van der Waals surface area (Å²) in [6.07, 6.45) is -3.74. The van der Waals surface area contributed by atoms with E-state index in [9.17, 15) is 13.2 Å². The number of para-hydroxylation sites is 2. The fourth-order valence-electron chi connectivity index (χ4n) is 2.73. The van der Waals surface area contributed by atoms with Crippen LogP contribution in [0.2, 0.25) is 0 Å². The highest BCUT2D eigenvalue weighted by molar-refractivity contribution is 5.77. The lowest BCUT2D eigenvalue weighted by Crippen LogP contribution is -2.19. The molecule has 0 spiro atoms. The molecule has 25 heavy (non-hydrogen) atoms. The van der Waals surface area contributed by atoms with Gasteiger partial charge < -0.3 is 15.6 Å². The van der Waals surface area contributed by atoms with E-state index in [1.807, 2.05) is 31.3 Å². The molecule has 132 valence electrons. The summed E-state index contributed by atoms with van der Waals surface area (Å²) in [5.74, 6) is 0.541. The van der Waals surface area contributed by atoms with Crippen molar-refractivity contribution < 1.29 is 13.2 Å². The zero-order valence-corrected chi connectivity index (χ0v) is 13.7. The monoisotopic (exact) mass is 348 g/mol. The highest BCUT2D eigenvalue weighted by atomic mass is 19.4. The lowest BCUT2D eigenvalue weighted by Gasteiger charge is -2.20. The summed E-state index contributed by atoms with van der Waals surface area (Å²) in [5, 5.41) is 6.26. The van der Waals surface area contributed by atoms with E-state index in [1.54, 1.807) is 6.07 Å². The molecule has 0 saturated heterocycles. The van der Waals surface area contributed by atoms with E-state index < -0.39 is 11.7 Å². The van der Waals surface area contributed by atoms with Crippen LogP contribution in [-0.2, 0) is 6.18 Å². The number of aromatic nitrogens is 2. The third-order valence-corrected chi connectivity index (χ3v) is 4.00. The number of H-pyrrole nitrogens is 1. The number of anilines is 1. The standard InChI is InChI=1S/C18H19F3N4/c1-22-10-9-14(12-5-4-6-13(11-12)18(19,20)21)23-17-24-15-7-2-3-8-16(15)25-17/h2-8,11,14,22H,9-10H2,1H3,(H2,23,24,25). The summed E-state index contributed by atoms with van der Waals surface area (Å²) in [5.41, 5.74) is 1.61. The zero-order chi connectivity index (χ0) is 17.9. The molecule has 4 nitrogen and oxygen atoms in total. The van der Waals surface area contributed by atoms with Gasteiger partial charge in [-0.1, -0.05) is 24.3 Å². The molecule has 1 aromatic heterocycles. The third kappa shape index (κ3) is 4.11. The molecule has 2 aromatic carbocycles. The number of benzene rings is 2. The topological polar surface area (TPSA) is 52.7 Å². The molecule has 3 N–H and O–H groups in total. The van der Waals surface area contributed by atoms with Gasteiger partial charge in [0.25, 0.3) is 0 Å². The first kappa shape index (κ1) is 17.3. The van der Waals surface area contributed by atoms with Crippen LogP contribution in [0.1, 0.15) is 23.6 Å². The minimum atomic E-state index is -4.36. The molecule has 3 rings (SSSR count). The van der Waals surface area contributed by atoms with Crippen molar-refractivity contribution in [3.63, 3.8) is 0 Å². The van der Waals surface area contributed by atoms with Gasteiger partial charge in [-0.15, -0.1) is 0 Å². The second kappa shape index (κ2) is 7.14. The van der Waals surface area contributed by atoms with Gasteiger partial charge in [-0.25, -0.2) is 4.98 Å². The van der Waals surface area contributed by atoms with Gasteiger partial charge in [-0.3, -0.25) is 0 Å². The number of imidazole rings is 1. The highest BCUT2D eigenvalue weighted by Crippen LogP contribution is 2.32. The molecular weight excluding hydrogens is 329 g/mol. The molecule has 0 aliphatic heterocycles. The molecule has 1 atom stereocenters. The van der Waals surface area contributed by atoms with Crippen molar-refractivity contribution >= 4 is 17.0 Å². The predicted molar refractivity (Wildman–Crippen MR) is 92.4 cm³/mol. The number of fused-ring (bicyclic) bond motifs is 1. The van der Waals surface area contributed by atoms with Crippen LogP contribution in [-0.4, -0.2) is 23.6 Å². The SMILES string of the molecule is CNCCC(Nc1nc2ccccc2[nH]1)c1cccc(C(F)(F)F)c1. The van der Waals surface area contributed by atoms with Gasteiger partial charge in [0.05, 0.1) is 22.6 Å². The summed E-state index contributed by atoms with van der Waals surface area (Å²) in [4.78, 5) is 7.60. The van der Waals surface area contributed by atoms with E-state index >= 15 is 0 Å². The summed E-state index contributed by atoms with van der Waals surface area (Å²) in [7, 11) is 1.81. The summed E-state index contributed by atoms with van der Waals surface area (Å²) >= 11 is 0. The number of hydrogen-bond donors (Lipinski definition) is 3. The lowest BCUT2D eigenvalue weighted by molar-refractivity contribution is -0.137. The number of alkyl halides is 3. The molecule has 0 radical (unpaired) electrons. The number of aromatic amines is 1. The number of nitrogens with zero attached hydrogens (tertiary/aromatic N) is 1. The second-order valence-electron chi connectivity index (χ2n) is 5.81. The Labute approximate surface area is 143 Å². The minimum Gasteiger partial charge on any atom is -0.349 e. The number of halogens is 3. The van der Waals surface area contributed by atoms with Crippen LogP contribution in [0.4, 0.5) is 19.1 Å². The summed E-state index contributed by atoms with van der Waals surface area (Å²) < 4.78 is 39.0. The molecule has 0 saturated carbocycles. The lowest BCUT2D eigenvalue weighted by atomic mass is 10.0. The van der Waals surface area contributed by atoms with E-state index in [1.165, 1.54) is 12.1 Å². The minimum absolute atomic E-state index is 0.296. The first-order chi connectivity index (χ1) is 12.0. The van der Waals surface area contributed by atoms with Crippen molar-refractivity contribution in [3.05, 3.63) is 59.7 Å².